The molecule has 8 nitrogen and oxygen atoms in total. The van der Waals surface area contributed by atoms with Gasteiger partial charge < -0.3 is 4.90 Å². The highest BCUT2D eigenvalue weighted by molar-refractivity contribution is 7.13. The van der Waals surface area contributed by atoms with Crippen LogP contribution >= 0.6 is 11.3 Å². The van der Waals surface area contributed by atoms with Crippen molar-refractivity contribution < 1.29 is 4.79 Å². The number of hydrogen-bond acceptors (Lipinski definition) is 8. The zero-order valence-electron chi connectivity index (χ0n) is 15.5. The summed E-state index contributed by atoms with van der Waals surface area (Å²) in [6.45, 7) is 5.92. The molecule has 0 spiro atoms. The summed E-state index contributed by atoms with van der Waals surface area (Å²) in [4.78, 5) is 25.6. The number of rotatable bonds is 5. The van der Waals surface area contributed by atoms with Crippen LogP contribution < -0.4 is 10.2 Å². The minimum atomic E-state index is -0.231. The van der Waals surface area contributed by atoms with Crippen molar-refractivity contribution in [2.24, 2.45) is 0 Å². The van der Waals surface area contributed by atoms with E-state index in [4.69, 9.17) is 0 Å². The van der Waals surface area contributed by atoms with Gasteiger partial charge >= 0.3 is 0 Å². The van der Waals surface area contributed by atoms with Crippen LogP contribution in [0.15, 0.2) is 48.4 Å². The molecule has 3 aromatic rings. The number of anilines is 2. The maximum absolute atomic E-state index is 12.2. The smallest absolute Gasteiger partial charge is 0.259 e. The van der Waals surface area contributed by atoms with Crippen molar-refractivity contribution in [2.45, 2.75) is 13.0 Å². The Labute approximate surface area is 167 Å². The van der Waals surface area contributed by atoms with E-state index in [1.165, 1.54) is 16.9 Å². The second kappa shape index (κ2) is 8.41. The fourth-order valence-electron chi connectivity index (χ4n) is 3.28. The number of carbonyl (C=O) groups excluding carboxylic acids is 1. The molecule has 1 amide bonds. The van der Waals surface area contributed by atoms with E-state index >= 15 is 0 Å². The highest BCUT2D eigenvalue weighted by atomic mass is 32.1. The molecule has 1 aliphatic rings. The van der Waals surface area contributed by atoms with E-state index in [1.807, 2.05) is 18.3 Å². The molecule has 4 rings (SSSR count). The van der Waals surface area contributed by atoms with Crippen molar-refractivity contribution in [3.05, 3.63) is 59.5 Å². The summed E-state index contributed by atoms with van der Waals surface area (Å²) >= 11 is 1.28. The quantitative estimate of drug-likeness (QED) is 0.710. The lowest BCUT2D eigenvalue weighted by molar-refractivity contribution is 0.102. The molecule has 0 aliphatic carbocycles. The minimum Gasteiger partial charge on any atom is -0.354 e. The molecule has 28 heavy (non-hydrogen) atoms. The predicted molar refractivity (Wildman–Crippen MR) is 109 cm³/mol. The number of pyridine rings is 2. The average molecular weight is 395 g/mol. The van der Waals surface area contributed by atoms with Crippen molar-refractivity contribution in [3.63, 3.8) is 0 Å². The van der Waals surface area contributed by atoms with Gasteiger partial charge in [0.1, 0.15) is 11.3 Å². The van der Waals surface area contributed by atoms with Gasteiger partial charge in [-0.05, 0) is 30.7 Å². The highest BCUT2D eigenvalue weighted by Crippen LogP contribution is 2.22. The molecule has 0 radical (unpaired) electrons. The number of carbonyl (C=O) groups is 1. The Hall–Kier alpha value is -2.91. The van der Waals surface area contributed by atoms with Gasteiger partial charge in [-0.1, -0.05) is 17.4 Å². The molecule has 1 aliphatic heterocycles. The average Bonchev–Trinajstić information content (AvgIpc) is 3.27. The summed E-state index contributed by atoms with van der Waals surface area (Å²) in [5.41, 5.74) is 3.31. The molecule has 4 heterocycles. The molecule has 9 heteroatoms. The van der Waals surface area contributed by atoms with E-state index < -0.39 is 0 Å². The third kappa shape index (κ3) is 4.15. The summed E-state index contributed by atoms with van der Waals surface area (Å²) < 4.78 is 0. The van der Waals surface area contributed by atoms with Crippen molar-refractivity contribution in [3.8, 4) is 0 Å². The molecule has 1 N–H and O–H groups in total. The normalized spacial score (nSPS) is 16.0. The Morgan fingerprint density at radius 2 is 2.04 bits per heavy atom. The van der Waals surface area contributed by atoms with Crippen LogP contribution in [0.3, 0.4) is 0 Å². The first-order chi connectivity index (χ1) is 13.7. The summed E-state index contributed by atoms with van der Waals surface area (Å²) in [7, 11) is 0. The Kier molecular flexibility index (Phi) is 5.54. The first-order valence-corrected chi connectivity index (χ1v) is 10.0. The van der Waals surface area contributed by atoms with Crippen molar-refractivity contribution >= 4 is 28.2 Å². The van der Waals surface area contributed by atoms with Crippen LogP contribution in [0.4, 0.5) is 10.9 Å². The lowest BCUT2D eigenvalue weighted by atomic mass is 10.1. The van der Waals surface area contributed by atoms with E-state index in [0.717, 1.165) is 32.0 Å². The summed E-state index contributed by atoms with van der Waals surface area (Å²) in [6, 6.07) is 8.14. The molecule has 0 saturated carbocycles. The molecule has 3 aromatic heterocycles. The van der Waals surface area contributed by atoms with Crippen LogP contribution in [0, 0.1) is 0 Å². The number of nitrogens with zero attached hydrogens (tertiary/aromatic N) is 6. The molecule has 0 aromatic carbocycles. The fraction of sp³-hybridized carbons (Fsp3) is 0.316. The van der Waals surface area contributed by atoms with Crippen LogP contribution in [0.25, 0.3) is 0 Å². The van der Waals surface area contributed by atoms with Gasteiger partial charge in [0.15, 0.2) is 0 Å². The Bertz CT molecular complexity index is 894. The number of aromatic nitrogens is 4. The van der Waals surface area contributed by atoms with Crippen LogP contribution in [-0.2, 0) is 0 Å². The van der Waals surface area contributed by atoms with Crippen LogP contribution in [-0.4, -0.2) is 57.2 Å². The van der Waals surface area contributed by atoms with Gasteiger partial charge in [-0.3, -0.25) is 20.0 Å². The topological polar surface area (TPSA) is 87.1 Å². The first kappa shape index (κ1) is 18.5. The van der Waals surface area contributed by atoms with Crippen LogP contribution in [0.1, 0.15) is 28.9 Å². The number of hydrogen-bond donors (Lipinski definition) is 1. The molecule has 1 unspecified atom stereocenters. The number of amides is 1. The van der Waals surface area contributed by atoms with Gasteiger partial charge in [-0.15, -0.1) is 10.2 Å². The van der Waals surface area contributed by atoms with Crippen LogP contribution in [0.5, 0.6) is 0 Å². The fourth-order valence-corrected chi connectivity index (χ4v) is 3.72. The third-order valence-corrected chi connectivity index (χ3v) is 5.55. The molecular weight excluding hydrogens is 374 g/mol. The Balaban J connectivity index is 1.34. The first-order valence-electron chi connectivity index (χ1n) is 9.13. The van der Waals surface area contributed by atoms with E-state index in [9.17, 15) is 4.79 Å². The molecule has 0 bridgehead atoms. The van der Waals surface area contributed by atoms with Crippen molar-refractivity contribution in [1.29, 1.82) is 0 Å². The third-order valence-electron chi connectivity index (χ3n) is 4.94. The summed E-state index contributed by atoms with van der Waals surface area (Å²) in [5.74, 6) is 0.659. The summed E-state index contributed by atoms with van der Waals surface area (Å²) in [5, 5.41) is 10.7. The minimum absolute atomic E-state index is 0.231. The van der Waals surface area contributed by atoms with Gasteiger partial charge in [0.25, 0.3) is 5.91 Å². The van der Waals surface area contributed by atoms with E-state index in [1.54, 1.807) is 24.0 Å². The number of nitrogens with one attached hydrogen (secondary N) is 1. The highest BCUT2D eigenvalue weighted by Gasteiger charge is 2.23. The molecule has 1 saturated heterocycles. The summed E-state index contributed by atoms with van der Waals surface area (Å²) in [6.07, 6.45) is 5.35. The van der Waals surface area contributed by atoms with Gasteiger partial charge in [0.05, 0.1) is 5.56 Å². The maximum Gasteiger partial charge on any atom is 0.259 e. The lowest BCUT2D eigenvalue weighted by Gasteiger charge is -2.38. The SMILES string of the molecule is CC(c1cccnc1)N1CCN(c2ccc(C(=O)Nc3nncs3)cn2)CC1. The van der Waals surface area contributed by atoms with Crippen LogP contribution in [0.2, 0.25) is 0 Å². The zero-order valence-corrected chi connectivity index (χ0v) is 16.3. The van der Waals surface area contributed by atoms with Gasteiger partial charge in [-0.2, -0.15) is 0 Å². The van der Waals surface area contributed by atoms with E-state index in [-0.39, 0.29) is 5.91 Å². The monoisotopic (exact) mass is 395 g/mol. The second-order valence-corrected chi connectivity index (χ2v) is 7.42. The maximum atomic E-state index is 12.2. The molecule has 144 valence electrons. The van der Waals surface area contributed by atoms with E-state index in [2.05, 4.69) is 48.3 Å². The Morgan fingerprint density at radius 3 is 2.68 bits per heavy atom. The van der Waals surface area contributed by atoms with Crippen molar-refractivity contribution in [2.75, 3.05) is 36.4 Å². The van der Waals surface area contributed by atoms with E-state index in [0.29, 0.717) is 16.7 Å². The van der Waals surface area contributed by atoms with Gasteiger partial charge in [0.2, 0.25) is 5.13 Å². The predicted octanol–water partition coefficient (Wildman–Crippen LogP) is 2.46. The second-order valence-electron chi connectivity index (χ2n) is 6.59. The Morgan fingerprint density at radius 1 is 1.18 bits per heavy atom. The zero-order chi connectivity index (χ0) is 19.3. The van der Waals surface area contributed by atoms with Gasteiger partial charge in [0, 0.05) is 50.8 Å². The molecular formula is C19H21N7OS. The molecule has 1 atom stereocenters. The lowest BCUT2D eigenvalue weighted by Crippen LogP contribution is -2.47. The largest absolute Gasteiger partial charge is 0.354 e. The standard InChI is InChI=1S/C19H21N7OS/c1-14(15-3-2-6-20-11-15)25-7-9-26(10-8-25)17-5-4-16(12-21-17)18(27)23-19-24-22-13-28-19/h2-6,11-14H,7-10H2,1H3,(H,23,24,27). The number of piperazine rings is 1. The van der Waals surface area contributed by atoms with Gasteiger partial charge in [-0.25, -0.2) is 4.98 Å². The molecule has 1 fully saturated rings. The van der Waals surface area contributed by atoms with Crippen molar-refractivity contribution in [1.82, 2.24) is 25.1 Å².